The van der Waals surface area contributed by atoms with Gasteiger partial charge >= 0.3 is 0 Å². The highest BCUT2D eigenvalue weighted by Crippen LogP contribution is 2.18. The molecule has 2 rings (SSSR count). The topological polar surface area (TPSA) is 54.3 Å². The SMILES string of the molecule is CCNC(=O)CN(CC)CC(=O)c1cc(C)n(Cc2ccccc2)c1C. The van der Waals surface area contributed by atoms with Crippen molar-refractivity contribution in [2.45, 2.75) is 34.2 Å². The smallest absolute Gasteiger partial charge is 0.234 e. The third-order valence-corrected chi connectivity index (χ3v) is 4.61. The first-order valence-electron chi connectivity index (χ1n) is 9.19. The Morgan fingerprint density at radius 1 is 1.08 bits per heavy atom. The van der Waals surface area contributed by atoms with Crippen LogP contribution in [0.25, 0.3) is 0 Å². The summed E-state index contributed by atoms with van der Waals surface area (Å²) in [6.45, 7) is 10.4. The van der Waals surface area contributed by atoms with E-state index < -0.39 is 0 Å². The van der Waals surface area contributed by atoms with Crippen molar-refractivity contribution in [1.29, 1.82) is 0 Å². The minimum Gasteiger partial charge on any atom is -0.355 e. The second kappa shape index (κ2) is 9.34. The van der Waals surface area contributed by atoms with Crippen LogP contribution in [-0.4, -0.2) is 47.3 Å². The number of ketones is 1. The number of carbonyl (C=O) groups is 2. The molecule has 1 aromatic carbocycles. The van der Waals surface area contributed by atoms with E-state index in [9.17, 15) is 9.59 Å². The largest absolute Gasteiger partial charge is 0.355 e. The molecule has 0 aliphatic carbocycles. The predicted molar refractivity (Wildman–Crippen MR) is 105 cm³/mol. The van der Waals surface area contributed by atoms with Crippen molar-refractivity contribution in [2.75, 3.05) is 26.2 Å². The molecule has 0 bridgehead atoms. The first-order valence-corrected chi connectivity index (χ1v) is 9.19. The van der Waals surface area contributed by atoms with Crippen molar-refractivity contribution in [3.05, 3.63) is 58.9 Å². The standard InChI is InChI=1S/C21H29N3O2/c1-5-22-21(26)15-23(6-2)14-20(25)19-12-16(3)24(17(19)4)13-18-10-8-7-9-11-18/h7-12H,5-6,13-15H2,1-4H3,(H,22,26). The van der Waals surface area contributed by atoms with Crippen molar-refractivity contribution in [3.8, 4) is 0 Å². The molecule has 0 radical (unpaired) electrons. The summed E-state index contributed by atoms with van der Waals surface area (Å²) < 4.78 is 2.17. The molecule has 140 valence electrons. The van der Waals surface area contributed by atoms with E-state index in [2.05, 4.69) is 22.0 Å². The van der Waals surface area contributed by atoms with Gasteiger partial charge in [-0.2, -0.15) is 0 Å². The number of likely N-dealkylation sites (N-methyl/N-ethyl adjacent to an activating group) is 2. The number of aromatic nitrogens is 1. The Morgan fingerprint density at radius 2 is 1.77 bits per heavy atom. The minimum absolute atomic E-state index is 0.0447. The third kappa shape index (κ3) is 5.05. The average molecular weight is 355 g/mol. The Balaban J connectivity index is 2.11. The maximum absolute atomic E-state index is 12.8. The van der Waals surface area contributed by atoms with Crippen molar-refractivity contribution >= 4 is 11.7 Å². The van der Waals surface area contributed by atoms with Crippen LogP contribution in [0.1, 0.15) is 41.2 Å². The monoisotopic (exact) mass is 355 g/mol. The van der Waals surface area contributed by atoms with Crippen LogP contribution in [0.15, 0.2) is 36.4 Å². The lowest BCUT2D eigenvalue weighted by atomic mass is 10.1. The van der Waals surface area contributed by atoms with Crippen LogP contribution in [0.5, 0.6) is 0 Å². The van der Waals surface area contributed by atoms with Crippen molar-refractivity contribution in [1.82, 2.24) is 14.8 Å². The van der Waals surface area contributed by atoms with Crippen LogP contribution in [0.4, 0.5) is 0 Å². The molecule has 1 amide bonds. The number of nitrogens with one attached hydrogen (secondary N) is 1. The minimum atomic E-state index is -0.0447. The number of rotatable bonds is 9. The second-order valence-corrected chi connectivity index (χ2v) is 6.54. The number of hydrogen-bond acceptors (Lipinski definition) is 3. The van der Waals surface area contributed by atoms with Crippen LogP contribution < -0.4 is 5.32 Å². The Hall–Kier alpha value is -2.40. The number of carbonyl (C=O) groups excluding carboxylic acids is 2. The maximum atomic E-state index is 12.8. The highest BCUT2D eigenvalue weighted by Gasteiger charge is 2.19. The molecule has 0 spiro atoms. The zero-order valence-electron chi connectivity index (χ0n) is 16.2. The number of nitrogens with zero attached hydrogens (tertiary/aromatic N) is 2. The first-order chi connectivity index (χ1) is 12.5. The lowest BCUT2D eigenvalue weighted by Crippen LogP contribution is -2.39. The van der Waals surface area contributed by atoms with E-state index in [0.717, 1.165) is 23.5 Å². The summed E-state index contributed by atoms with van der Waals surface area (Å²) in [6.07, 6.45) is 0. The van der Waals surface area contributed by atoms with Gasteiger partial charge in [0.1, 0.15) is 0 Å². The van der Waals surface area contributed by atoms with Crippen LogP contribution in [-0.2, 0) is 11.3 Å². The fourth-order valence-corrected chi connectivity index (χ4v) is 3.12. The number of benzene rings is 1. The van der Waals surface area contributed by atoms with Gasteiger partial charge in [-0.05, 0) is 38.9 Å². The molecule has 1 N–H and O–H groups in total. The second-order valence-electron chi connectivity index (χ2n) is 6.54. The van der Waals surface area contributed by atoms with Crippen molar-refractivity contribution in [3.63, 3.8) is 0 Å². The Labute approximate surface area is 156 Å². The normalized spacial score (nSPS) is 11.0. The van der Waals surface area contributed by atoms with Gasteiger partial charge in [-0.15, -0.1) is 0 Å². The van der Waals surface area contributed by atoms with Gasteiger partial charge in [-0.25, -0.2) is 0 Å². The van der Waals surface area contributed by atoms with E-state index in [-0.39, 0.29) is 24.8 Å². The molecule has 0 saturated carbocycles. The maximum Gasteiger partial charge on any atom is 0.234 e. The average Bonchev–Trinajstić information content (AvgIpc) is 2.90. The predicted octanol–water partition coefficient (Wildman–Crippen LogP) is 2.79. The number of amides is 1. The molecular formula is C21H29N3O2. The van der Waals surface area contributed by atoms with Crippen LogP contribution in [0.3, 0.4) is 0 Å². The van der Waals surface area contributed by atoms with Gasteiger partial charge in [0, 0.05) is 30.0 Å². The Kier molecular flexibility index (Phi) is 7.16. The molecule has 5 nitrogen and oxygen atoms in total. The van der Waals surface area contributed by atoms with E-state index in [4.69, 9.17) is 0 Å². The molecular weight excluding hydrogens is 326 g/mol. The first kappa shape index (κ1) is 19.9. The van der Waals surface area contributed by atoms with E-state index in [1.165, 1.54) is 5.56 Å². The number of aryl methyl sites for hydroxylation is 1. The van der Waals surface area contributed by atoms with Crippen molar-refractivity contribution < 1.29 is 9.59 Å². The molecule has 1 aromatic heterocycles. The van der Waals surface area contributed by atoms with E-state index >= 15 is 0 Å². The molecule has 0 unspecified atom stereocenters. The van der Waals surface area contributed by atoms with Crippen LogP contribution >= 0.6 is 0 Å². The highest BCUT2D eigenvalue weighted by molar-refractivity contribution is 5.99. The molecule has 0 aliphatic heterocycles. The summed E-state index contributed by atoms with van der Waals surface area (Å²) in [5.41, 5.74) is 4.00. The molecule has 5 heteroatoms. The summed E-state index contributed by atoms with van der Waals surface area (Å²) in [4.78, 5) is 26.5. The molecule has 1 heterocycles. The van der Waals surface area contributed by atoms with Gasteiger partial charge in [0.05, 0.1) is 13.1 Å². The molecule has 0 fully saturated rings. The molecule has 0 saturated heterocycles. The zero-order chi connectivity index (χ0) is 19.1. The quantitative estimate of drug-likeness (QED) is 0.704. The summed E-state index contributed by atoms with van der Waals surface area (Å²) in [5.74, 6) is 0.0141. The van der Waals surface area contributed by atoms with Gasteiger partial charge in [-0.3, -0.25) is 14.5 Å². The summed E-state index contributed by atoms with van der Waals surface area (Å²) in [7, 11) is 0. The number of Topliss-reactive ketones (excluding diaryl/α,β-unsaturated/α-hetero) is 1. The van der Waals surface area contributed by atoms with Crippen LogP contribution in [0.2, 0.25) is 0 Å². The van der Waals surface area contributed by atoms with E-state index in [1.54, 1.807) is 0 Å². The van der Waals surface area contributed by atoms with E-state index in [0.29, 0.717) is 13.1 Å². The van der Waals surface area contributed by atoms with Gasteiger partial charge in [0.2, 0.25) is 5.91 Å². The summed E-state index contributed by atoms with van der Waals surface area (Å²) >= 11 is 0. The Morgan fingerprint density at radius 3 is 2.38 bits per heavy atom. The lowest BCUT2D eigenvalue weighted by molar-refractivity contribution is -0.121. The fraction of sp³-hybridized carbons (Fsp3) is 0.429. The fourth-order valence-electron chi connectivity index (χ4n) is 3.12. The zero-order valence-corrected chi connectivity index (χ0v) is 16.2. The lowest BCUT2D eigenvalue weighted by Gasteiger charge is -2.18. The van der Waals surface area contributed by atoms with Gasteiger partial charge < -0.3 is 9.88 Å². The molecule has 0 atom stereocenters. The van der Waals surface area contributed by atoms with E-state index in [1.807, 2.05) is 56.9 Å². The Bertz CT molecular complexity index is 750. The van der Waals surface area contributed by atoms with Gasteiger partial charge in [0.25, 0.3) is 0 Å². The van der Waals surface area contributed by atoms with Crippen molar-refractivity contribution in [2.24, 2.45) is 0 Å². The molecule has 0 aliphatic rings. The third-order valence-electron chi connectivity index (χ3n) is 4.61. The summed E-state index contributed by atoms with van der Waals surface area (Å²) in [6, 6.07) is 12.2. The molecule has 2 aromatic rings. The van der Waals surface area contributed by atoms with Gasteiger partial charge in [-0.1, -0.05) is 37.3 Å². The summed E-state index contributed by atoms with van der Waals surface area (Å²) in [5, 5.41) is 2.78. The van der Waals surface area contributed by atoms with Gasteiger partial charge in [0.15, 0.2) is 5.78 Å². The van der Waals surface area contributed by atoms with Crippen LogP contribution in [0, 0.1) is 13.8 Å². The molecule has 26 heavy (non-hydrogen) atoms. The number of hydrogen-bond donors (Lipinski definition) is 1. The highest BCUT2D eigenvalue weighted by atomic mass is 16.2.